The van der Waals surface area contributed by atoms with Gasteiger partial charge in [0.25, 0.3) is 0 Å². The van der Waals surface area contributed by atoms with Crippen LogP contribution in [0.2, 0.25) is 5.02 Å². The lowest BCUT2D eigenvalue weighted by molar-refractivity contribution is 0.615. The van der Waals surface area contributed by atoms with E-state index in [0.717, 1.165) is 6.07 Å². The molecule has 0 aliphatic rings. The highest BCUT2D eigenvalue weighted by molar-refractivity contribution is 9.10. The molecule has 0 aromatic heterocycles. The molecule has 16 heavy (non-hydrogen) atoms. The molecule has 2 aromatic rings. The molecule has 0 atom stereocenters. The van der Waals surface area contributed by atoms with Crippen LogP contribution in [0, 0.1) is 17.7 Å². The molecule has 0 aliphatic heterocycles. The van der Waals surface area contributed by atoms with Crippen molar-refractivity contribution < 1.29 is 8.78 Å². The van der Waals surface area contributed by atoms with E-state index in [1.807, 2.05) is 0 Å². The van der Waals surface area contributed by atoms with Crippen molar-refractivity contribution >= 4 is 27.5 Å². The molecule has 2 aromatic carbocycles. The van der Waals surface area contributed by atoms with Crippen LogP contribution in [0.25, 0.3) is 11.1 Å². The van der Waals surface area contributed by atoms with Crippen LogP contribution in [-0.4, -0.2) is 0 Å². The van der Waals surface area contributed by atoms with Crippen LogP contribution in [-0.2, 0) is 0 Å². The molecule has 0 heterocycles. The van der Waals surface area contributed by atoms with Gasteiger partial charge in [-0.1, -0.05) is 17.7 Å². The molecule has 0 N–H and O–H groups in total. The maximum atomic E-state index is 13.6. The summed E-state index contributed by atoms with van der Waals surface area (Å²) < 4.78 is 27.6. The second-order valence-electron chi connectivity index (χ2n) is 3.14. The molecule has 0 saturated carbocycles. The van der Waals surface area contributed by atoms with E-state index in [2.05, 4.69) is 22.0 Å². The Balaban J connectivity index is 2.68. The van der Waals surface area contributed by atoms with Crippen molar-refractivity contribution in [3.05, 3.63) is 57.5 Å². The first-order chi connectivity index (χ1) is 7.59. The molecule has 0 amide bonds. The SMILES string of the molecule is Fc1cc(Cl)ccc1-c1c(Br)[c]ccc1F. The van der Waals surface area contributed by atoms with Crippen molar-refractivity contribution in [2.24, 2.45) is 0 Å². The summed E-state index contributed by atoms with van der Waals surface area (Å²) in [5.74, 6) is -1.07. The average molecular weight is 303 g/mol. The van der Waals surface area contributed by atoms with Crippen molar-refractivity contribution in [1.29, 1.82) is 0 Å². The van der Waals surface area contributed by atoms with E-state index in [4.69, 9.17) is 11.6 Å². The maximum absolute atomic E-state index is 13.6. The van der Waals surface area contributed by atoms with Crippen molar-refractivity contribution in [3.63, 3.8) is 0 Å². The number of rotatable bonds is 1. The fraction of sp³-hybridized carbons (Fsp3) is 0. The van der Waals surface area contributed by atoms with Crippen LogP contribution in [0.4, 0.5) is 8.78 Å². The number of hydrogen-bond donors (Lipinski definition) is 0. The van der Waals surface area contributed by atoms with E-state index in [0.29, 0.717) is 4.47 Å². The first kappa shape index (κ1) is 11.6. The summed E-state index contributed by atoms with van der Waals surface area (Å²) in [6.45, 7) is 0. The summed E-state index contributed by atoms with van der Waals surface area (Å²) in [5.41, 5.74) is 0.308. The molecule has 2 rings (SSSR count). The Hall–Kier alpha value is -0.930. The molecule has 0 aliphatic carbocycles. The van der Waals surface area contributed by atoms with Gasteiger partial charge in [-0.2, -0.15) is 0 Å². The highest BCUT2D eigenvalue weighted by Gasteiger charge is 2.13. The average Bonchev–Trinajstić information content (AvgIpc) is 2.20. The fourth-order valence-corrected chi connectivity index (χ4v) is 2.08. The largest absolute Gasteiger partial charge is 0.206 e. The number of halogens is 4. The van der Waals surface area contributed by atoms with Gasteiger partial charge in [-0.3, -0.25) is 0 Å². The Bertz CT molecular complexity index is 520. The molecule has 0 bridgehead atoms. The highest BCUT2D eigenvalue weighted by atomic mass is 79.9. The molecule has 0 unspecified atom stereocenters. The molecule has 0 spiro atoms. The predicted octanol–water partition coefficient (Wildman–Crippen LogP) is 4.85. The predicted molar refractivity (Wildman–Crippen MR) is 63.3 cm³/mol. The third-order valence-electron chi connectivity index (χ3n) is 2.10. The molecule has 0 fully saturated rings. The summed E-state index contributed by atoms with van der Waals surface area (Å²) in [6.07, 6.45) is 0. The second kappa shape index (κ2) is 4.52. The zero-order valence-corrected chi connectivity index (χ0v) is 10.2. The van der Waals surface area contributed by atoms with Crippen LogP contribution in [0.3, 0.4) is 0 Å². The molecule has 1 radical (unpaired) electrons. The van der Waals surface area contributed by atoms with E-state index in [9.17, 15) is 8.78 Å². The zero-order chi connectivity index (χ0) is 11.7. The lowest BCUT2D eigenvalue weighted by atomic mass is 10.0. The van der Waals surface area contributed by atoms with Gasteiger partial charge < -0.3 is 0 Å². The Morgan fingerprint density at radius 3 is 2.50 bits per heavy atom. The van der Waals surface area contributed by atoms with E-state index >= 15 is 0 Å². The third kappa shape index (κ3) is 2.11. The van der Waals surface area contributed by atoms with Gasteiger partial charge in [0.15, 0.2) is 0 Å². The molecule has 0 saturated heterocycles. The molecule has 4 heteroatoms. The Morgan fingerprint density at radius 1 is 1.12 bits per heavy atom. The zero-order valence-electron chi connectivity index (χ0n) is 7.90. The van der Waals surface area contributed by atoms with E-state index in [1.165, 1.54) is 24.3 Å². The van der Waals surface area contributed by atoms with Gasteiger partial charge in [0.1, 0.15) is 11.6 Å². The van der Waals surface area contributed by atoms with E-state index < -0.39 is 11.6 Å². The van der Waals surface area contributed by atoms with E-state index in [-0.39, 0.29) is 16.1 Å². The first-order valence-electron chi connectivity index (χ1n) is 4.40. The standard InChI is InChI=1S/C12H5BrClF2/c13-9-2-1-3-10(15)12(9)8-5-4-7(14)6-11(8)16/h1,3-6H. The summed E-state index contributed by atoms with van der Waals surface area (Å²) in [5, 5.41) is 0.276. The van der Waals surface area contributed by atoms with Crippen LogP contribution in [0.1, 0.15) is 0 Å². The normalized spacial score (nSPS) is 10.5. The van der Waals surface area contributed by atoms with E-state index in [1.54, 1.807) is 0 Å². The second-order valence-corrected chi connectivity index (χ2v) is 4.37. The van der Waals surface area contributed by atoms with Crippen LogP contribution in [0.5, 0.6) is 0 Å². The highest BCUT2D eigenvalue weighted by Crippen LogP contribution is 2.33. The van der Waals surface area contributed by atoms with Gasteiger partial charge in [0.05, 0.1) is 0 Å². The minimum Gasteiger partial charge on any atom is -0.206 e. The van der Waals surface area contributed by atoms with Crippen LogP contribution in [0.15, 0.2) is 34.8 Å². The monoisotopic (exact) mass is 301 g/mol. The Kier molecular flexibility index (Phi) is 3.26. The minimum absolute atomic E-state index is 0.150. The first-order valence-corrected chi connectivity index (χ1v) is 5.58. The van der Waals surface area contributed by atoms with Crippen molar-refractivity contribution in [1.82, 2.24) is 0 Å². The topological polar surface area (TPSA) is 0 Å². The lowest BCUT2D eigenvalue weighted by Crippen LogP contribution is -1.90. The summed E-state index contributed by atoms with van der Waals surface area (Å²) >= 11 is 8.77. The summed E-state index contributed by atoms with van der Waals surface area (Å²) in [7, 11) is 0. The van der Waals surface area contributed by atoms with Crippen molar-refractivity contribution in [3.8, 4) is 11.1 Å². The van der Waals surface area contributed by atoms with Crippen LogP contribution < -0.4 is 0 Å². The molecular formula is C12H5BrClF2. The molecular weight excluding hydrogens is 297 g/mol. The van der Waals surface area contributed by atoms with Gasteiger partial charge in [-0.15, -0.1) is 0 Å². The Morgan fingerprint density at radius 2 is 1.88 bits per heavy atom. The lowest BCUT2D eigenvalue weighted by Gasteiger charge is -2.07. The Labute approximate surface area is 105 Å². The van der Waals surface area contributed by atoms with Gasteiger partial charge in [0.2, 0.25) is 0 Å². The fourth-order valence-electron chi connectivity index (χ4n) is 1.39. The number of hydrogen-bond acceptors (Lipinski definition) is 0. The van der Waals surface area contributed by atoms with Gasteiger partial charge >= 0.3 is 0 Å². The van der Waals surface area contributed by atoms with Crippen molar-refractivity contribution in [2.45, 2.75) is 0 Å². The quantitative estimate of drug-likeness (QED) is 0.706. The smallest absolute Gasteiger partial charge is 0.132 e. The molecule has 81 valence electrons. The maximum Gasteiger partial charge on any atom is 0.132 e. The third-order valence-corrected chi connectivity index (χ3v) is 2.96. The van der Waals surface area contributed by atoms with Gasteiger partial charge in [0, 0.05) is 20.6 Å². The van der Waals surface area contributed by atoms with Crippen molar-refractivity contribution in [2.75, 3.05) is 0 Å². The summed E-state index contributed by atoms with van der Waals surface area (Å²) in [4.78, 5) is 0. The minimum atomic E-state index is -0.563. The van der Waals surface area contributed by atoms with Gasteiger partial charge in [-0.05, 0) is 46.3 Å². The summed E-state index contributed by atoms with van der Waals surface area (Å²) in [6, 6.07) is 9.52. The van der Waals surface area contributed by atoms with Gasteiger partial charge in [-0.25, -0.2) is 8.78 Å². The number of benzene rings is 2. The van der Waals surface area contributed by atoms with Crippen LogP contribution >= 0.6 is 27.5 Å². The molecule has 0 nitrogen and oxygen atoms in total.